The Labute approximate surface area is 109 Å². The lowest BCUT2D eigenvalue weighted by atomic mass is 10.2. The molecule has 0 fully saturated rings. The fourth-order valence-electron chi connectivity index (χ4n) is 1.29. The normalized spacial score (nSPS) is 9.22. The second kappa shape index (κ2) is 7.21. The Morgan fingerprint density at radius 3 is 2.94 bits per heavy atom. The molecule has 92 valence electrons. The molecule has 1 aromatic carbocycles. The van der Waals surface area contributed by atoms with Crippen LogP contribution in [0.25, 0.3) is 0 Å². The van der Waals surface area contributed by atoms with Crippen LogP contribution in [0.2, 0.25) is 0 Å². The molecule has 0 spiro atoms. The fraction of sp³-hybridized carbons (Fsp3) is 0.250. The zero-order chi connectivity index (χ0) is 13.4. The van der Waals surface area contributed by atoms with E-state index in [1.807, 2.05) is 6.07 Å². The van der Waals surface area contributed by atoms with E-state index in [1.165, 1.54) is 12.1 Å². The van der Waals surface area contributed by atoms with Crippen LogP contribution in [0.5, 0.6) is 0 Å². The first-order chi connectivity index (χ1) is 8.69. The van der Waals surface area contributed by atoms with Crippen molar-refractivity contribution >= 4 is 23.1 Å². The average Bonchev–Trinajstić information content (AvgIpc) is 2.38. The molecular formula is C12H11N3O2S. The van der Waals surface area contributed by atoms with Gasteiger partial charge >= 0.3 is 0 Å². The standard InChI is InChI=1S/C12H11N3O2S/c1-2-6-18-7-5-14-11-3-4-12(15(16)17)10(8-11)9-13/h1,3-4,8,14H,5-7H2. The van der Waals surface area contributed by atoms with Crippen molar-refractivity contribution in [3.63, 3.8) is 0 Å². The summed E-state index contributed by atoms with van der Waals surface area (Å²) in [5.41, 5.74) is 0.574. The SMILES string of the molecule is C#CCSCCNc1ccc([N+](=O)[O-])c(C#N)c1. The Morgan fingerprint density at radius 1 is 1.56 bits per heavy atom. The first kappa shape index (κ1) is 13.9. The largest absolute Gasteiger partial charge is 0.384 e. The molecule has 0 heterocycles. The maximum Gasteiger partial charge on any atom is 0.287 e. The topological polar surface area (TPSA) is 79.0 Å². The van der Waals surface area contributed by atoms with Gasteiger partial charge in [-0.3, -0.25) is 10.1 Å². The summed E-state index contributed by atoms with van der Waals surface area (Å²) in [6, 6.07) is 6.21. The number of hydrogen-bond acceptors (Lipinski definition) is 5. The van der Waals surface area contributed by atoms with Gasteiger partial charge in [0.25, 0.3) is 5.69 Å². The highest BCUT2D eigenvalue weighted by Gasteiger charge is 2.13. The summed E-state index contributed by atoms with van der Waals surface area (Å²) in [6.45, 7) is 0.690. The molecule has 1 N–H and O–H groups in total. The first-order valence-electron chi connectivity index (χ1n) is 5.12. The van der Waals surface area contributed by atoms with Gasteiger partial charge in [0.2, 0.25) is 0 Å². The molecule has 5 nitrogen and oxygen atoms in total. The minimum atomic E-state index is -0.564. The molecule has 0 aromatic heterocycles. The van der Waals surface area contributed by atoms with Crippen LogP contribution < -0.4 is 5.32 Å². The van der Waals surface area contributed by atoms with E-state index in [4.69, 9.17) is 11.7 Å². The summed E-state index contributed by atoms with van der Waals surface area (Å²) in [6.07, 6.45) is 5.11. The third-order valence-electron chi connectivity index (χ3n) is 2.07. The number of hydrogen-bond donors (Lipinski definition) is 1. The molecule has 6 heteroatoms. The number of terminal acetylenes is 1. The summed E-state index contributed by atoms with van der Waals surface area (Å²) in [7, 11) is 0. The van der Waals surface area contributed by atoms with Gasteiger partial charge in [-0.1, -0.05) is 5.92 Å². The number of anilines is 1. The molecule has 0 bridgehead atoms. The molecule has 18 heavy (non-hydrogen) atoms. The maximum absolute atomic E-state index is 10.6. The van der Waals surface area contributed by atoms with Crippen molar-refractivity contribution < 1.29 is 4.92 Å². The molecular weight excluding hydrogens is 250 g/mol. The van der Waals surface area contributed by atoms with E-state index in [9.17, 15) is 10.1 Å². The zero-order valence-corrected chi connectivity index (χ0v) is 10.4. The van der Waals surface area contributed by atoms with E-state index < -0.39 is 4.92 Å². The molecule has 0 atom stereocenters. The van der Waals surface area contributed by atoms with Gasteiger partial charge in [0, 0.05) is 24.1 Å². The van der Waals surface area contributed by atoms with Crippen LogP contribution in [-0.2, 0) is 0 Å². The summed E-state index contributed by atoms with van der Waals surface area (Å²) in [5.74, 6) is 4.02. The summed E-state index contributed by atoms with van der Waals surface area (Å²) in [4.78, 5) is 10.1. The van der Waals surface area contributed by atoms with Gasteiger partial charge in [0.05, 0.1) is 10.7 Å². The molecule has 0 saturated carbocycles. The third kappa shape index (κ3) is 4.00. The van der Waals surface area contributed by atoms with Crippen LogP contribution in [0.3, 0.4) is 0 Å². The highest BCUT2D eigenvalue weighted by atomic mass is 32.2. The molecule has 0 aliphatic carbocycles. The zero-order valence-electron chi connectivity index (χ0n) is 9.55. The van der Waals surface area contributed by atoms with Crippen LogP contribution in [0.4, 0.5) is 11.4 Å². The van der Waals surface area contributed by atoms with E-state index in [2.05, 4.69) is 11.2 Å². The van der Waals surface area contributed by atoms with Gasteiger partial charge in [0.1, 0.15) is 11.6 Å². The Bertz CT molecular complexity index is 517. The number of thioether (sulfide) groups is 1. The number of nitro groups is 1. The van der Waals surface area contributed by atoms with E-state index in [1.54, 1.807) is 17.8 Å². The van der Waals surface area contributed by atoms with Crippen LogP contribution in [-0.4, -0.2) is 23.0 Å². The molecule has 1 rings (SSSR count). The Balaban J connectivity index is 2.61. The maximum atomic E-state index is 10.6. The van der Waals surface area contributed by atoms with Crippen molar-refractivity contribution in [2.45, 2.75) is 0 Å². The van der Waals surface area contributed by atoms with Crippen molar-refractivity contribution in [2.75, 3.05) is 23.4 Å². The number of nitriles is 1. The van der Waals surface area contributed by atoms with Crippen molar-refractivity contribution in [2.24, 2.45) is 0 Å². The van der Waals surface area contributed by atoms with Crippen LogP contribution in [0.1, 0.15) is 5.56 Å². The molecule has 0 saturated heterocycles. The van der Waals surface area contributed by atoms with E-state index in [0.29, 0.717) is 18.0 Å². The third-order valence-corrected chi connectivity index (χ3v) is 2.94. The molecule has 0 radical (unpaired) electrons. The van der Waals surface area contributed by atoms with Crippen LogP contribution >= 0.6 is 11.8 Å². The van der Waals surface area contributed by atoms with Crippen LogP contribution in [0.15, 0.2) is 18.2 Å². The fourth-order valence-corrected chi connectivity index (χ4v) is 1.80. The molecule has 1 aromatic rings. The summed E-state index contributed by atoms with van der Waals surface area (Å²) >= 11 is 1.62. The van der Waals surface area contributed by atoms with E-state index in [0.717, 1.165) is 5.75 Å². The minimum absolute atomic E-state index is 0.0567. The number of nitro benzene ring substituents is 1. The van der Waals surface area contributed by atoms with Crippen LogP contribution in [0, 0.1) is 33.8 Å². The lowest BCUT2D eigenvalue weighted by molar-refractivity contribution is -0.385. The highest BCUT2D eigenvalue weighted by Crippen LogP contribution is 2.21. The highest BCUT2D eigenvalue weighted by molar-refractivity contribution is 7.99. The lowest BCUT2D eigenvalue weighted by Crippen LogP contribution is -2.05. The van der Waals surface area contributed by atoms with Gasteiger partial charge in [-0.05, 0) is 12.1 Å². The minimum Gasteiger partial charge on any atom is -0.384 e. The monoisotopic (exact) mass is 261 g/mol. The molecule has 0 aliphatic heterocycles. The smallest absolute Gasteiger partial charge is 0.287 e. The number of nitrogens with one attached hydrogen (secondary N) is 1. The Kier molecular flexibility index (Phi) is 5.56. The van der Waals surface area contributed by atoms with E-state index >= 15 is 0 Å². The quantitative estimate of drug-likeness (QED) is 0.368. The van der Waals surface area contributed by atoms with Crippen molar-refractivity contribution in [1.29, 1.82) is 5.26 Å². The second-order valence-corrected chi connectivity index (χ2v) is 4.39. The first-order valence-corrected chi connectivity index (χ1v) is 6.28. The average molecular weight is 261 g/mol. The second-order valence-electron chi connectivity index (χ2n) is 3.28. The van der Waals surface area contributed by atoms with E-state index in [-0.39, 0.29) is 11.3 Å². The summed E-state index contributed by atoms with van der Waals surface area (Å²) in [5, 5.41) is 22.5. The van der Waals surface area contributed by atoms with Gasteiger partial charge in [-0.2, -0.15) is 5.26 Å². The predicted molar refractivity (Wildman–Crippen MR) is 72.5 cm³/mol. The Morgan fingerprint density at radius 2 is 2.33 bits per heavy atom. The van der Waals surface area contributed by atoms with Gasteiger partial charge in [0.15, 0.2) is 0 Å². The lowest BCUT2D eigenvalue weighted by Gasteiger charge is -2.05. The molecule has 0 aliphatic rings. The summed E-state index contributed by atoms with van der Waals surface area (Å²) < 4.78 is 0. The van der Waals surface area contributed by atoms with Gasteiger partial charge in [-0.15, -0.1) is 18.2 Å². The Hall–Kier alpha value is -2.18. The van der Waals surface area contributed by atoms with Crippen molar-refractivity contribution in [1.82, 2.24) is 0 Å². The number of rotatable bonds is 6. The predicted octanol–water partition coefficient (Wildman–Crippen LogP) is 2.24. The van der Waals surface area contributed by atoms with Gasteiger partial charge < -0.3 is 5.32 Å². The van der Waals surface area contributed by atoms with Gasteiger partial charge in [-0.25, -0.2) is 0 Å². The molecule has 0 unspecified atom stereocenters. The number of benzene rings is 1. The number of nitrogens with zero attached hydrogens (tertiary/aromatic N) is 2. The van der Waals surface area contributed by atoms with Crippen molar-refractivity contribution in [3.05, 3.63) is 33.9 Å². The van der Waals surface area contributed by atoms with Crippen molar-refractivity contribution in [3.8, 4) is 18.4 Å². The molecule has 0 amide bonds.